The van der Waals surface area contributed by atoms with Crippen LogP contribution in [0.25, 0.3) is 16.5 Å². The lowest BCUT2D eigenvalue weighted by atomic mass is 9.93. The molecule has 0 amide bonds. The molecular formula is C26H26FN3O. The summed E-state index contributed by atoms with van der Waals surface area (Å²) in [5.41, 5.74) is 7.31. The maximum absolute atomic E-state index is 13.9. The maximum Gasteiger partial charge on any atom is 0.128 e. The Labute approximate surface area is 181 Å². The van der Waals surface area contributed by atoms with Gasteiger partial charge in [0.15, 0.2) is 0 Å². The van der Waals surface area contributed by atoms with E-state index in [0.29, 0.717) is 5.56 Å². The molecule has 1 aromatic heterocycles. The molecule has 2 aromatic carbocycles. The molecule has 3 heterocycles. The van der Waals surface area contributed by atoms with Crippen molar-refractivity contribution in [2.24, 2.45) is 0 Å². The van der Waals surface area contributed by atoms with Crippen molar-refractivity contribution < 1.29 is 9.13 Å². The maximum atomic E-state index is 13.9. The van der Waals surface area contributed by atoms with Crippen LogP contribution >= 0.6 is 0 Å². The molecule has 5 heteroatoms. The first-order valence-corrected chi connectivity index (χ1v) is 11.0. The number of nitriles is 1. The number of hydrogen-bond acceptors (Lipinski definition) is 3. The van der Waals surface area contributed by atoms with Crippen molar-refractivity contribution in [1.29, 1.82) is 5.26 Å². The van der Waals surface area contributed by atoms with E-state index in [4.69, 9.17) is 10.00 Å². The molecule has 0 saturated carbocycles. The highest BCUT2D eigenvalue weighted by Crippen LogP contribution is 2.33. The molecule has 1 atom stereocenters. The molecule has 2 aliphatic heterocycles. The van der Waals surface area contributed by atoms with Gasteiger partial charge in [-0.3, -0.25) is 4.90 Å². The van der Waals surface area contributed by atoms with E-state index >= 15 is 0 Å². The van der Waals surface area contributed by atoms with Gasteiger partial charge in [0.2, 0.25) is 0 Å². The topological polar surface area (TPSA) is 52.0 Å². The molecule has 1 N–H and O–H groups in total. The molecule has 0 saturated heterocycles. The molecule has 0 aliphatic carbocycles. The first-order chi connectivity index (χ1) is 15.1. The average molecular weight is 416 g/mol. The van der Waals surface area contributed by atoms with Gasteiger partial charge in [0.05, 0.1) is 29.9 Å². The SMILES string of the molecule is Cc1c(F)ccc2c(C3=CCN(CCC4OCCc5cc(C#N)ccc54)CC3)c[nH]c12. The number of aromatic nitrogens is 1. The quantitative estimate of drug-likeness (QED) is 0.631. The van der Waals surface area contributed by atoms with Crippen LogP contribution in [0.1, 0.15) is 46.8 Å². The van der Waals surface area contributed by atoms with Gasteiger partial charge in [-0.05, 0) is 67.2 Å². The fourth-order valence-electron chi connectivity index (χ4n) is 4.89. The monoisotopic (exact) mass is 415 g/mol. The summed E-state index contributed by atoms with van der Waals surface area (Å²) < 4.78 is 19.9. The number of ether oxygens (including phenoxy) is 1. The second-order valence-corrected chi connectivity index (χ2v) is 8.50. The Hall–Kier alpha value is -2.94. The third kappa shape index (κ3) is 3.78. The van der Waals surface area contributed by atoms with Crippen molar-refractivity contribution in [2.75, 3.05) is 26.2 Å². The minimum atomic E-state index is -0.167. The van der Waals surface area contributed by atoms with Crippen LogP contribution in [0.3, 0.4) is 0 Å². The van der Waals surface area contributed by atoms with Crippen molar-refractivity contribution in [3.63, 3.8) is 0 Å². The van der Waals surface area contributed by atoms with Gasteiger partial charge >= 0.3 is 0 Å². The average Bonchev–Trinajstić information content (AvgIpc) is 3.25. The zero-order chi connectivity index (χ0) is 21.4. The number of benzene rings is 2. The van der Waals surface area contributed by atoms with Crippen LogP contribution in [0.4, 0.5) is 4.39 Å². The standard InChI is InChI=1S/C26H26FN3O/c1-17-24(27)5-4-22-23(16-29-26(17)22)19-6-10-30(11-7-19)12-8-25-21-3-2-18(15-28)14-20(21)9-13-31-25/h2-6,14,16,25,29H,7-13H2,1H3. The highest BCUT2D eigenvalue weighted by molar-refractivity contribution is 5.94. The summed E-state index contributed by atoms with van der Waals surface area (Å²) in [6, 6.07) is 11.6. The molecule has 4 nitrogen and oxygen atoms in total. The number of aromatic amines is 1. The Balaban J connectivity index is 1.25. The minimum Gasteiger partial charge on any atom is -0.373 e. The first kappa shape index (κ1) is 20.0. The minimum absolute atomic E-state index is 0.105. The van der Waals surface area contributed by atoms with Gasteiger partial charge in [-0.15, -0.1) is 0 Å². The first-order valence-electron chi connectivity index (χ1n) is 11.0. The van der Waals surface area contributed by atoms with Gasteiger partial charge in [-0.2, -0.15) is 5.26 Å². The summed E-state index contributed by atoms with van der Waals surface area (Å²) in [6.45, 7) is 5.44. The molecule has 1 unspecified atom stereocenters. The molecule has 0 radical (unpaired) electrons. The van der Waals surface area contributed by atoms with Crippen LogP contribution in [0.15, 0.2) is 42.6 Å². The van der Waals surface area contributed by atoms with Gasteiger partial charge < -0.3 is 9.72 Å². The van der Waals surface area contributed by atoms with E-state index in [1.54, 1.807) is 6.07 Å². The van der Waals surface area contributed by atoms with E-state index in [1.165, 1.54) is 22.3 Å². The summed E-state index contributed by atoms with van der Waals surface area (Å²) in [5, 5.41) is 10.2. The lowest BCUT2D eigenvalue weighted by Gasteiger charge is -2.30. The highest BCUT2D eigenvalue weighted by Gasteiger charge is 2.23. The second kappa shape index (κ2) is 8.30. The summed E-state index contributed by atoms with van der Waals surface area (Å²) in [5.74, 6) is -0.167. The Bertz CT molecular complexity index is 1200. The van der Waals surface area contributed by atoms with E-state index in [0.717, 1.165) is 62.0 Å². The molecular weight excluding hydrogens is 389 g/mol. The molecule has 2 aliphatic rings. The third-order valence-electron chi connectivity index (χ3n) is 6.71. The van der Waals surface area contributed by atoms with Gasteiger partial charge in [0, 0.05) is 42.3 Å². The highest BCUT2D eigenvalue weighted by atomic mass is 19.1. The fourth-order valence-corrected chi connectivity index (χ4v) is 4.89. The molecule has 3 aromatic rings. The summed E-state index contributed by atoms with van der Waals surface area (Å²) in [6.07, 6.45) is 7.24. The Kier molecular flexibility index (Phi) is 5.35. The van der Waals surface area contributed by atoms with Gasteiger partial charge in [0.1, 0.15) is 5.82 Å². The smallest absolute Gasteiger partial charge is 0.128 e. The van der Waals surface area contributed by atoms with Crippen molar-refractivity contribution in [2.45, 2.75) is 32.3 Å². The third-order valence-corrected chi connectivity index (χ3v) is 6.71. The van der Waals surface area contributed by atoms with Crippen molar-refractivity contribution in [3.05, 3.63) is 76.2 Å². The summed E-state index contributed by atoms with van der Waals surface area (Å²) in [4.78, 5) is 5.72. The largest absolute Gasteiger partial charge is 0.373 e. The van der Waals surface area contributed by atoms with Crippen LogP contribution in [0, 0.1) is 24.1 Å². The van der Waals surface area contributed by atoms with Crippen LogP contribution in [-0.2, 0) is 11.2 Å². The number of fused-ring (bicyclic) bond motifs is 2. The molecule has 0 bridgehead atoms. The number of hydrogen-bond donors (Lipinski definition) is 1. The number of halogens is 1. The Morgan fingerprint density at radius 2 is 2.16 bits per heavy atom. The van der Waals surface area contributed by atoms with Crippen LogP contribution in [0.5, 0.6) is 0 Å². The van der Waals surface area contributed by atoms with E-state index in [-0.39, 0.29) is 11.9 Å². The van der Waals surface area contributed by atoms with Gasteiger partial charge in [-0.25, -0.2) is 4.39 Å². The number of rotatable bonds is 4. The molecule has 31 heavy (non-hydrogen) atoms. The fraction of sp³-hybridized carbons (Fsp3) is 0.346. The predicted octanol–water partition coefficient (Wildman–Crippen LogP) is 5.28. The van der Waals surface area contributed by atoms with Crippen molar-refractivity contribution in [3.8, 4) is 6.07 Å². The van der Waals surface area contributed by atoms with Gasteiger partial charge in [-0.1, -0.05) is 12.1 Å². The van der Waals surface area contributed by atoms with Crippen LogP contribution in [-0.4, -0.2) is 36.1 Å². The Morgan fingerprint density at radius 3 is 2.97 bits per heavy atom. The van der Waals surface area contributed by atoms with Crippen molar-refractivity contribution >= 4 is 16.5 Å². The van der Waals surface area contributed by atoms with Crippen molar-refractivity contribution in [1.82, 2.24) is 9.88 Å². The zero-order valence-electron chi connectivity index (χ0n) is 17.7. The number of nitrogens with one attached hydrogen (secondary N) is 1. The molecule has 5 rings (SSSR count). The predicted molar refractivity (Wildman–Crippen MR) is 120 cm³/mol. The Morgan fingerprint density at radius 1 is 1.26 bits per heavy atom. The van der Waals surface area contributed by atoms with Crippen LogP contribution in [0.2, 0.25) is 0 Å². The number of aryl methyl sites for hydroxylation is 1. The number of H-pyrrole nitrogens is 1. The van der Waals surface area contributed by atoms with Crippen LogP contribution < -0.4 is 0 Å². The van der Waals surface area contributed by atoms with E-state index in [9.17, 15) is 4.39 Å². The molecule has 0 fully saturated rings. The second-order valence-electron chi connectivity index (χ2n) is 8.50. The van der Waals surface area contributed by atoms with E-state index < -0.39 is 0 Å². The number of nitrogens with zero attached hydrogens (tertiary/aromatic N) is 2. The lowest BCUT2D eigenvalue weighted by molar-refractivity contribution is 0.0300. The van der Waals surface area contributed by atoms with E-state index in [1.807, 2.05) is 31.3 Å². The summed E-state index contributed by atoms with van der Waals surface area (Å²) in [7, 11) is 0. The van der Waals surface area contributed by atoms with Gasteiger partial charge in [0.25, 0.3) is 0 Å². The zero-order valence-corrected chi connectivity index (χ0v) is 17.7. The normalized spacial score (nSPS) is 19.1. The lowest BCUT2D eigenvalue weighted by Crippen LogP contribution is -2.31. The summed E-state index contributed by atoms with van der Waals surface area (Å²) >= 11 is 0. The molecule has 0 spiro atoms. The molecule has 158 valence electrons. The van der Waals surface area contributed by atoms with E-state index in [2.05, 4.69) is 28.1 Å².